The number of methoxy groups -OCH3 is 1. The van der Waals surface area contributed by atoms with Crippen LogP contribution in [0, 0.1) is 0 Å². The predicted octanol–water partition coefficient (Wildman–Crippen LogP) is 1.80. The van der Waals surface area contributed by atoms with E-state index in [1.807, 2.05) is 24.3 Å². The van der Waals surface area contributed by atoms with Crippen molar-refractivity contribution in [3.05, 3.63) is 29.8 Å². The van der Waals surface area contributed by atoms with E-state index in [2.05, 4.69) is 0 Å². The van der Waals surface area contributed by atoms with Crippen LogP contribution in [0.2, 0.25) is 0 Å². The Balaban J connectivity index is 2.18. The van der Waals surface area contributed by atoms with Gasteiger partial charge in [0.05, 0.1) is 12.2 Å². The van der Waals surface area contributed by atoms with Crippen LogP contribution in [0.4, 0.5) is 0 Å². The third-order valence-electron chi connectivity index (χ3n) is 3.70. The highest BCUT2D eigenvalue weighted by Gasteiger charge is 2.36. The first-order chi connectivity index (χ1) is 9.15. The smallest absolute Gasteiger partial charge is 0.125 e. The van der Waals surface area contributed by atoms with Crippen molar-refractivity contribution in [1.82, 2.24) is 0 Å². The fraction of sp³-hybridized carbons (Fsp3) is 0.600. The van der Waals surface area contributed by atoms with Crippen LogP contribution in [-0.4, -0.2) is 31.5 Å². The summed E-state index contributed by atoms with van der Waals surface area (Å²) in [6, 6.07) is 7.73. The lowest BCUT2D eigenvalue weighted by Crippen LogP contribution is -2.39. The van der Waals surface area contributed by atoms with Gasteiger partial charge in [0.1, 0.15) is 12.4 Å². The van der Waals surface area contributed by atoms with Crippen molar-refractivity contribution in [3.8, 4) is 5.75 Å². The van der Waals surface area contributed by atoms with Crippen molar-refractivity contribution in [2.75, 3.05) is 20.3 Å². The molecule has 106 valence electrons. The van der Waals surface area contributed by atoms with E-state index in [9.17, 15) is 5.11 Å². The molecule has 1 aliphatic rings. The Morgan fingerprint density at radius 1 is 1.37 bits per heavy atom. The summed E-state index contributed by atoms with van der Waals surface area (Å²) in [7, 11) is 1.64. The average Bonchev–Trinajstić information content (AvgIpc) is 2.39. The van der Waals surface area contributed by atoms with E-state index >= 15 is 0 Å². The zero-order valence-corrected chi connectivity index (χ0v) is 11.5. The van der Waals surface area contributed by atoms with Crippen molar-refractivity contribution in [2.24, 2.45) is 5.73 Å². The van der Waals surface area contributed by atoms with Gasteiger partial charge < -0.3 is 20.3 Å². The van der Waals surface area contributed by atoms with Crippen LogP contribution in [-0.2, 0) is 10.3 Å². The van der Waals surface area contributed by atoms with Gasteiger partial charge in [0, 0.05) is 18.7 Å². The highest BCUT2D eigenvalue weighted by Crippen LogP contribution is 2.40. The summed E-state index contributed by atoms with van der Waals surface area (Å²) in [4.78, 5) is 0. The first kappa shape index (κ1) is 14.3. The lowest BCUT2D eigenvalue weighted by atomic mass is 9.77. The summed E-state index contributed by atoms with van der Waals surface area (Å²) >= 11 is 0. The lowest BCUT2D eigenvalue weighted by Gasteiger charge is -2.36. The molecule has 1 fully saturated rings. The number of hydrogen-bond acceptors (Lipinski definition) is 4. The molecule has 1 aliphatic carbocycles. The maximum Gasteiger partial charge on any atom is 0.125 e. The molecule has 0 saturated heterocycles. The molecule has 19 heavy (non-hydrogen) atoms. The molecule has 0 aromatic heterocycles. The molecular formula is C15H23NO3. The Morgan fingerprint density at radius 2 is 2.16 bits per heavy atom. The second-order valence-corrected chi connectivity index (χ2v) is 5.23. The molecule has 3 N–H and O–H groups in total. The number of ether oxygens (including phenoxy) is 2. The van der Waals surface area contributed by atoms with Gasteiger partial charge in [0.15, 0.2) is 0 Å². The van der Waals surface area contributed by atoms with Gasteiger partial charge in [-0.15, -0.1) is 0 Å². The Kier molecular flexibility index (Phi) is 4.80. The van der Waals surface area contributed by atoms with Gasteiger partial charge in [-0.2, -0.15) is 0 Å². The monoisotopic (exact) mass is 265 g/mol. The summed E-state index contributed by atoms with van der Waals surface area (Å²) in [5, 5.41) is 10.9. The third kappa shape index (κ3) is 3.47. The van der Waals surface area contributed by atoms with Crippen molar-refractivity contribution in [2.45, 2.75) is 37.3 Å². The maximum atomic E-state index is 10.9. The van der Waals surface area contributed by atoms with Crippen LogP contribution in [0.3, 0.4) is 0 Å². The molecule has 1 aromatic carbocycles. The van der Waals surface area contributed by atoms with E-state index in [0.29, 0.717) is 19.6 Å². The first-order valence-corrected chi connectivity index (χ1v) is 6.85. The quantitative estimate of drug-likeness (QED) is 0.797. The topological polar surface area (TPSA) is 64.7 Å². The first-order valence-electron chi connectivity index (χ1n) is 6.85. The van der Waals surface area contributed by atoms with Gasteiger partial charge in [-0.05, 0) is 31.7 Å². The van der Waals surface area contributed by atoms with E-state index in [-0.39, 0.29) is 6.04 Å². The van der Waals surface area contributed by atoms with Crippen LogP contribution in [0.1, 0.15) is 31.2 Å². The molecule has 0 heterocycles. The minimum Gasteiger partial charge on any atom is -0.491 e. The van der Waals surface area contributed by atoms with Crippen LogP contribution >= 0.6 is 0 Å². The largest absolute Gasteiger partial charge is 0.491 e. The molecule has 0 bridgehead atoms. The van der Waals surface area contributed by atoms with Crippen molar-refractivity contribution in [1.29, 1.82) is 0 Å². The normalized spacial score (nSPS) is 27.2. The van der Waals surface area contributed by atoms with Crippen molar-refractivity contribution >= 4 is 0 Å². The van der Waals surface area contributed by atoms with Gasteiger partial charge in [-0.3, -0.25) is 0 Å². The minimum atomic E-state index is -0.860. The van der Waals surface area contributed by atoms with Crippen LogP contribution in [0.25, 0.3) is 0 Å². The molecule has 0 amide bonds. The molecule has 2 atom stereocenters. The summed E-state index contributed by atoms with van der Waals surface area (Å²) in [5.74, 6) is 0.733. The van der Waals surface area contributed by atoms with E-state index in [4.69, 9.17) is 15.2 Å². The molecule has 0 radical (unpaired) electrons. The zero-order chi connectivity index (χ0) is 13.7. The summed E-state index contributed by atoms with van der Waals surface area (Å²) in [6.07, 6.45) is 3.27. The second-order valence-electron chi connectivity index (χ2n) is 5.23. The van der Waals surface area contributed by atoms with Crippen LogP contribution < -0.4 is 10.5 Å². The fourth-order valence-corrected chi connectivity index (χ4v) is 2.75. The standard InChI is InChI=1S/C15H23NO3/c1-18-9-10-19-14-7-3-2-6-13(14)15(17)8-4-5-12(16)11-15/h2-3,6-7,12,17H,4-5,8-11,16H2,1H3. The predicted molar refractivity (Wildman–Crippen MR) is 74.2 cm³/mol. The van der Waals surface area contributed by atoms with Gasteiger partial charge >= 0.3 is 0 Å². The lowest BCUT2D eigenvalue weighted by molar-refractivity contribution is -0.00984. The summed E-state index contributed by atoms with van der Waals surface area (Å²) in [6.45, 7) is 1.02. The minimum absolute atomic E-state index is 0.0609. The number of aliphatic hydroxyl groups is 1. The summed E-state index contributed by atoms with van der Waals surface area (Å²) < 4.78 is 10.7. The van der Waals surface area contributed by atoms with Gasteiger partial charge in [0.25, 0.3) is 0 Å². The third-order valence-corrected chi connectivity index (χ3v) is 3.70. The van der Waals surface area contributed by atoms with Crippen molar-refractivity contribution in [3.63, 3.8) is 0 Å². The Morgan fingerprint density at radius 3 is 2.89 bits per heavy atom. The van der Waals surface area contributed by atoms with E-state index < -0.39 is 5.60 Å². The number of benzene rings is 1. The number of para-hydroxylation sites is 1. The van der Waals surface area contributed by atoms with E-state index in [0.717, 1.165) is 30.6 Å². The number of rotatable bonds is 5. The number of nitrogens with two attached hydrogens (primary N) is 1. The van der Waals surface area contributed by atoms with E-state index in [1.165, 1.54) is 0 Å². The maximum absolute atomic E-state index is 10.9. The molecule has 1 saturated carbocycles. The molecule has 2 rings (SSSR count). The molecule has 2 unspecified atom stereocenters. The van der Waals surface area contributed by atoms with E-state index in [1.54, 1.807) is 7.11 Å². The average molecular weight is 265 g/mol. The summed E-state index contributed by atoms with van der Waals surface area (Å²) in [5.41, 5.74) is 5.99. The van der Waals surface area contributed by atoms with Gasteiger partial charge in [-0.1, -0.05) is 18.2 Å². The second kappa shape index (κ2) is 6.37. The molecule has 4 nitrogen and oxygen atoms in total. The highest BCUT2D eigenvalue weighted by molar-refractivity contribution is 5.38. The molecule has 1 aromatic rings. The van der Waals surface area contributed by atoms with Crippen LogP contribution in [0.5, 0.6) is 5.75 Å². The Bertz CT molecular complexity index is 410. The SMILES string of the molecule is COCCOc1ccccc1C1(O)CCCC(N)C1. The zero-order valence-electron chi connectivity index (χ0n) is 11.5. The molecule has 4 heteroatoms. The van der Waals surface area contributed by atoms with Gasteiger partial charge in [-0.25, -0.2) is 0 Å². The number of hydrogen-bond donors (Lipinski definition) is 2. The van der Waals surface area contributed by atoms with Crippen LogP contribution in [0.15, 0.2) is 24.3 Å². The van der Waals surface area contributed by atoms with Gasteiger partial charge in [0.2, 0.25) is 0 Å². The Labute approximate surface area is 114 Å². The Hall–Kier alpha value is -1.10. The molecule has 0 aliphatic heterocycles. The highest BCUT2D eigenvalue weighted by atomic mass is 16.5. The van der Waals surface area contributed by atoms with Crippen molar-refractivity contribution < 1.29 is 14.6 Å². The molecular weight excluding hydrogens is 242 g/mol. The molecule has 0 spiro atoms. The fourth-order valence-electron chi connectivity index (χ4n) is 2.75.